The van der Waals surface area contributed by atoms with Crippen molar-refractivity contribution in [2.24, 2.45) is 7.05 Å². The molecule has 0 saturated heterocycles. The van der Waals surface area contributed by atoms with Crippen molar-refractivity contribution in [3.8, 4) is 28.4 Å². The fourth-order valence-electron chi connectivity index (χ4n) is 6.23. The molecule has 1 aromatic heterocycles. The van der Waals surface area contributed by atoms with E-state index < -0.39 is 0 Å². The standard InChI is InChI=1S/C36H42N4O6/c1-22(41)38-28-14-11-24-19-32(44-3)35(45-4)36(46-5)34(24)26-13-15-29(31(42)21-27(26)28)37-17-8-6-7-9-33(43)39-25-12-10-23-16-18-40(2)30(23)20-25/h10,12-13,15-16,18-21,28H,6-9,11,14,17H2,1-5H3,(H,37,42)(H,38,41)(H,39,43)/t28-/m0/s1. The summed E-state index contributed by atoms with van der Waals surface area (Å²) < 4.78 is 19.1. The Bertz CT molecular complexity index is 1820. The third kappa shape index (κ3) is 6.96. The van der Waals surface area contributed by atoms with E-state index in [1.165, 1.54) is 6.92 Å². The number of amides is 2. The quantitative estimate of drug-likeness (QED) is 0.166. The number of nitrogens with one attached hydrogen (secondary N) is 3. The average Bonchev–Trinajstić information content (AvgIpc) is 3.24. The molecule has 0 radical (unpaired) electrons. The van der Waals surface area contributed by atoms with Crippen LogP contribution in [0.25, 0.3) is 22.0 Å². The first-order valence-electron chi connectivity index (χ1n) is 15.6. The van der Waals surface area contributed by atoms with Crippen molar-refractivity contribution in [3.05, 3.63) is 76.1 Å². The lowest BCUT2D eigenvalue weighted by atomic mass is 9.95. The SMILES string of the molecule is COc1cc2c(c(OC)c1OC)-c1ccc(NCCCCCC(=O)Nc3ccc4ccn(C)c4c3)c(=O)cc1[C@@H](NC(C)=O)CC2. The monoisotopic (exact) mass is 626 g/mol. The van der Waals surface area contributed by atoms with E-state index in [1.54, 1.807) is 33.5 Å². The number of ether oxygens (including phenoxy) is 3. The number of fused-ring (bicyclic) bond motifs is 4. The van der Waals surface area contributed by atoms with Gasteiger partial charge in [0.15, 0.2) is 11.5 Å². The maximum absolute atomic E-state index is 13.5. The molecule has 3 aromatic carbocycles. The van der Waals surface area contributed by atoms with Gasteiger partial charge in [0.1, 0.15) is 0 Å². The largest absolute Gasteiger partial charge is 0.493 e. The van der Waals surface area contributed by atoms with Gasteiger partial charge in [-0.15, -0.1) is 0 Å². The predicted molar refractivity (Wildman–Crippen MR) is 181 cm³/mol. The van der Waals surface area contributed by atoms with Crippen LogP contribution in [0.1, 0.15) is 56.2 Å². The molecule has 46 heavy (non-hydrogen) atoms. The van der Waals surface area contributed by atoms with Crippen LogP contribution in [0, 0.1) is 0 Å². The maximum atomic E-state index is 13.5. The van der Waals surface area contributed by atoms with E-state index in [-0.39, 0.29) is 23.3 Å². The summed E-state index contributed by atoms with van der Waals surface area (Å²) in [5, 5.41) is 10.5. The van der Waals surface area contributed by atoms with E-state index >= 15 is 0 Å². The number of hydrogen-bond acceptors (Lipinski definition) is 7. The van der Waals surface area contributed by atoms with Gasteiger partial charge >= 0.3 is 0 Å². The number of carbonyl (C=O) groups is 2. The average molecular weight is 627 g/mol. The minimum atomic E-state index is -0.366. The summed E-state index contributed by atoms with van der Waals surface area (Å²) >= 11 is 0. The number of rotatable bonds is 12. The van der Waals surface area contributed by atoms with Crippen LogP contribution in [-0.2, 0) is 23.1 Å². The summed E-state index contributed by atoms with van der Waals surface area (Å²) in [4.78, 5) is 38.2. The molecule has 2 amide bonds. The Morgan fingerprint density at radius 1 is 0.935 bits per heavy atom. The van der Waals surface area contributed by atoms with Gasteiger partial charge in [0.2, 0.25) is 23.0 Å². The first-order valence-corrected chi connectivity index (χ1v) is 15.6. The van der Waals surface area contributed by atoms with Gasteiger partial charge in [0, 0.05) is 49.9 Å². The van der Waals surface area contributed by atoms with Gasteiger partial charge in [0.05, 0.1) is 33.1 Å². The highest BCUT2D eigenvalue weighted by molar-refractivity contribution is 5.93. The molecule has 0 bridgehead atoms. The molecule has 1 heterocycles. The highest BCUT2D eigenvalue weighted by atomic mass is 16.5. The lowest BCUT2D eigenvalue weighted by Crippen LogP contribution is -2.26. The Hall–Kier alpha value is -4.99. The topological polar surface area (TPSA) is 120 Å². The maximum Gasteiger partial charge on any atom is 0.224 e. The molecule has 0 saturated carbocycles. The molecule has 10 heteroatoms. The second kappa shape index (κ2) is 14.4. The normalized spacial score (nSPS) is 13.6. The zero-order chi connectivity index (χ0) is 32.8. The summed E-state index contributed by atoms with van der Waals surface area (Å²) in [6.45, 7) is 2.06. The molecule has 0 unspecified atom stereocenters. The summed E-state index contributed by atoms with van der Waals surface area (Å²) in [5.41, 5.74) is 5.44. The van der Waals surface area contributed by atoms with Gasteiger partial charge in [-0.05, 0) is 84.2 Å². The van der Waals surface area contributed by atoms with Gasteiger partial charge in [-0.3, -0.25) is 14.4 Å². The highest BCUT2D eigenvalue weighted by Gasteiger charge is 2.29. The van der Waals surface area contributed by atoms with Crippen LogP contribution in [0.15, 0.2) is 59.5 Å². The highest BCUT2D eigenvalue weighted by Crippen LogP contribution is 2.50. The summed E-state index contributed by atoms with van der Waals surface area (Å²) in [6.07, 6.45) is 6.01. The van der Waals surface area contributed by atoms with Gasteiger partial charge < -0.3 is 34.7 Å². The smallest absolute Gasteiger partial charge is 0.224 e. The molecule has 3 N–H and O–H groups in total. The first-order chi connectivity index (χ1) is 22.2. The summed E-state index contributed by atoms with van der Waals surface area (Å²) in [5.74, 6) is 1.34. The van der Waals surface area contributed by atoms with Crippen molar-refractivity contribution >= 4 is 34.1 Å². The Morgan fingerprint density at radius 3 is 2.48 bits per heavy atom. The minimum absolute atomic E-state index is 0.0152. The molecule has 0 spiro atoms. The van der Waals surface area contributed by atoms with E-state index in [1.807, 2.05) is 54.2 Å². The number of methoxy groups -OCH3 is 3. The number of nitrogens with zero attached hydrogens (tertiary/aromatic N) is 1. The molecule has 1 aliphatic rings. The molecule has 10 nitrogen and oxygen atoms in total. The van der Waals surface area contributed by atoms with Crippen LogP contribution in [0.3, 0.4) is 0 Å². The summed E-state index contributed by atoms with van der Waals surface area (Å²) in [6, 6.07) is 14.8. The van der Waals surface area contributed by atoms with E-state index in [2.05, 4.69) is 16.0 Å². The van der Waals surface area contributed by atoms with Crippen molar-refractivity contribution in [2.45, 2.75) is 51.5 Å². The van der Waals surface area contributed by atoms with Crippen LogP contribution in [0.4, 0.5) is 11.4 Å². The third-order valence-electron chi connectivity index (χ3n) is 8.48. The number of aromatic nitrogens is 1. The number of aryl methyl sites for hydroxylation is 2. The Labute approximate surface area is 269 Å². The lowest BCUT2D eigenvalue weighted by Gasteiger charge is -2.19. The Balaban J connectivity index is 1.28. The molecule has 1 aliphatic carbocycles. The molecule has 242 valence electrons. The van der Waals surface area contributed by atoms with Crippen molar-refractivity contribution in [1.82, 2.24) is 9.88 Å². The van der Waals surface area contributed by atoms with Crippen molar-refractivity contribution in [1.29, 1.82) is 0 Å². The molecule has 4 aromatic rings. The van der Waals surface area contributed by atoms with E-state index in [9.17, 15) is 14.4 Å². The number of carbonyl (C=O) groups excluding carboxylic acids is 2. The second-order valence-corrected chi connectivity index (χ2v) is 11.6. The summed E-state index contributed by atoms with van der Waals surface area (Å²) in [7, 11) is 6.70. The molecule has 5 rings (SSSR count). The van der Waals surface area contributed by atoms with E-state index in [4.69, 9.17) is 14.2 Å². The van der Waals surface area contributed by atoms with Crippen molar-refractivity contribution in [2.75, 3.05) is 38.5 Å². The Morgan fingerprint density at radius 2 is 1.74 bits per heavy atom. The molecule has 0 aliphatic heterocycles. The third-order valence-corrected chi connectivity index (χ3v) is 8.48. The lowest BCUT2D eigenvalue weighted by molar-refractivity contribution is -0.119. The van der Waals surface area contributed by atoms with E-state index in [0.29, 0.717) is 48.7 Å². The van der Waals surface area contributed by atoms with Crippen LogP contribution in [0.2, 0.25) is 0 Å². The van der Waals surface area contributed by atoms with E-state index in [0.717, 1.165) is 58.1 Å². The molecule has 0 fully saturated rings. The van der Waals surface area contributed by atoms with Gasteiger partial charge in [0.25, 0.3) is 0 Å². The molecular weight excluding hydrogens is 584 g/mol. The zero-order valence-electron chi connectivity index (χ0n) is 27.1. The van der Waals surface area contributed by atoms with Gasteiger partial charge in [-0.2, -0.15) is 0 Å². The van der Waals surface area contributed by atoms with Crippen molar-refractivity contribution in [3.63, 3.8) is 0 Å². The fourth-order valence-corrected chi connectivity index (χ4v) is 6.23. The number of benzene rings is 2. The minimum Gasteiger partial charge on any atom is -0.493 e. The predicted octanol–water partition coefficient (Wildman–Crippen LogP) is 5.97. The van der Waals surface area contributed by atoms with Crippen molar-refractivity contribution < 1.29 is 23.8 Å². The van der Waals surface area contributed by atoms with Gasteiger partial charge in [-0.25, -0.2) is 0 Å². The van der Waals surface area contributed by atoms with Crippen LogP contribution in [0.5, 0.6) is 17.2 Å². The fraction of sp³-hybridized carbons (Fsp3) is 0.361. The number of anilines is 2. The molecular formula is C36H42N4O6. The number of hydrogen-bond donors (Lipinski definition) is 3. The Kier molecular flexibility index (Phi) is 10.1. The van der Waals surface area contributed by atoms with Crippen LogP contribution < -0.4 is 35.6 Å². The molecule has 1 atom stereocenters. The van der Waals surface area contributed by atoms with Crippen LogP contribution in [-0.4, -0.2) is 44.3 Å². The number of unbranched alkanes of at least 4 members (excludes halogenated alkanes) is 2. The van der Waals surface area contributed by atoms with Crippen LogP contribution >= 0.6 is 0 Å². The second-order valence-electron chi connectivity index (χ2n) is 11.6. The first kappa shape index (κ1) is 32.4. The zero-order valence-corrected chi connectivity index (χ0v) is 27.1. The van der Waals surface area contributed by atoms with Gasteiger partial charge in [-0.1, -0.05) is 18.6 Å².